The van der Waals surface area contributed by atoms with Crippen LogP contribution in [0.25, 0.3) is 10.9 Å². The Hall–Kier alpha value is -1.28. The van der Waals surface area contributed by atoms with Crippen molar-refractivity contribution in [3.8, 4) is 0 Å². The Labute approximate surface area is 115 Å². The first kappa shape index (κ1) is 12.7. The molecule has 0 saturated carbocycles. The fraction of sp³-hybridized carbons (Fsp3) is 0.529. The molecule has 1 fully saturated rings. The van der Waals surface area contributed by atoms with Gasteiger partial charge in [-0.15, -0.1) is 0 Å². The highest BCUT2D eigenvalue weighted by Crippen LogP contribution is 2.31. The van der Waals surface area contributed by atoms with Crippen molar-refractivity contribution in [1.82, 2.24) is 4.57 Å². The number of fused-ring (bicyclic) bond motifs is 1. The van der Waals surface area contributed by atoms with Crippen molar-refractivity contribution in [1.29, 1.82) is 0 Å². The molecule has 0 amide bonds. The summed E-state index contributed by atoms with van der Waals surface area (Å²) >= 11 is 0. The maximum atomic E-state index is 6.12. The molecule has 1 aromatic heterocycles. The van der Waals surface area contributed by atoms with Gasteiger partial charge in [0.05, 0.1) is 17.2 Å². The van der Waals surface area contributed by atoms with Crippen LogP contribution < -0.4 is 0 Å². The quantitative estimate of drug-likeness (QED) is 0.805. The highest BCUT2D eigenvalue weighted by molar-refractivity contribution is 5.83. The van der Waals surface area contributed by atoms with E-state index < -0.39 is 0 Å². The molecule has 102 valence electrons. The first-order chi connectivity index (χ1) is 9.09. The number of ether oxygens (including phenoxy) is 1. The first-order valence-electron chi connectivity index (χ1n) is 7.33. The van der Waals surface area contributed by atoms with Crippen molar-refractivity contribution in [2.24, 2.45) is 0 Å². The van der Waals surface area contributed by atoms with Gasteiger partial charge in [0.2, 0.25) is 0 Å². The topological polar surface area (TPSA) is 14.2 Å². The van der Waals surface area contributed by atoms with E-state index in [-0.39, 0.29) is 5.60 Å². The molecule has 2 aromatic rings. The lowest BCUT2D eigenvalue weighted by Crippen LogP contribution is -2.22. The van der Waals surface area contributed by atoms with Gasteiger partial charge in [0, 0.05) is 12.7 Å². The SMILES string of the molecule is CCc1cccc2ccn(CC3CCC(C)(C)O3)c12. The van der Waals surface area contributed by atoms with Crippen molar-refractivity contribution in [2.45, 2.75) is 58.3 Å². The summed E-state index contributed by atoms with van der Waals surface area (Å²) in [5.74, 6) is 0. The molecule has 1 atom stereocenters. The van der Waals surface area contributed by atoms with Crippen LogP contribution in [0, 0.1) is 0 Å². The van der Waals surface area contributed by atoms with Crippen LogP contribution in [0.1, 0.15) is 39.2 Å². The predicted octanol–water partition coefficient (Wildman–Crippen LogP) is 4.16. The number of hydrogen-bond acceptors (Lipinski definition) is 1. The fourth-order valence-corrected chi connectivity index (χ4v) is 3.20. The van der Waals surface area contributed by atoms with Crippen LogP contribution in [0.2, 0.25) is 0 Å². The van der Waals surface area contributed by atoms with Crippen molar-refractivity contribution in [3.05, 3.63) is 36.0 Å². The minimum Gasteiger partial charge on any atom is -0.370 e. The zero-order valence-corrected chi connectivity index (χ0v) is 12.1. The summed E-state index contributed by atoms with van der Waals surface area (Å²) in [7, 11) is 0. The van der Waals surface area contributed by atoms with Gasteiger partial charge in [-0.2, -0.15) is 0 Å². The lowest BCUT2D eigenvalue weighted by molar-refractivity contribution is -0.0212. The minimum absolute atomic E-state index is 0.0568. The molecule has 0 N–H and O–H groups in total. The second-order valence-corrected chi connectivity index (χ2v) is 6.21. The minimum atomic E-state index is 0.0568. The van der Waals surface area contributed by atoms with Crippen molar-refractivity contribution < 1.29 is 4.74 Å². The fourth-order valence-electron chi connectivity index (χ4n) is 3.20. The van der Waals surface area contributed by atoms with Crippen LogP contribution in [0.15, 0.2) is 30.5 Å². The van der Waals surface area contributed by atoms with E-state index in [1.54, 1.807) is 0 Å². The van der Waals surface area contributed by atoms with Gasteiger partial charge in [-0.05, 0) is 50.1 Å². The molecule has 0 aliphatic carbocycles. The molecule has 3 rings (SSSR count). The van der Waals surface area contributed by atoms with E-state index in [0.717, 1.165) is 19.4 Å². The van der Waals surface area contributed by atoms with Gasteiger partial charge in [0.1, 0.15) is 0 Å². The zero-order valence-electron chi connectivity index (χ0n) is 12.1. The third-order valence-electron chi connectivity index (χ3n) is 4.21. The zero-order chi connectivity index (χ0) is 13.5. The molecule has 2 heteroatoms. The maximum Gasteiger partial charge on any atom is 0.0762 e. The third-order valence-corrected chi connectivity index (χ3v) is 4.21. The van der Waals surface area contributed by atoms with Gasteiger partial charge in [0.25, 0.3) is 0 Å². The van der Waals surface area contributed by atoms with Gasteiger partial charge in [-0.3, -0.25) is 0 Å². The highest BCUT2D eigenvalue weighted by Gasteiger charge is 2.31. The second kappa shape index (κ2) is 4.68. The molecule has 0 spiro atoms. The van der Waals surface area contributed by atoms with E-state index in [1.165, 1.54) is 22.9 Å². The van der Waals surface area contributed by atoms with Gasteiger partial charge in [-0.1, -0.05) is 25.1 Å². The Morgan fingerprint density at radius 3 is 2.84 bits per heavy atom. The van der Waals surface area contributed by atoms with E-state index in [0.29, 0.717) is 6.10 Å². The van der Waals surface area contributed by atoms with Gasteiger partial charge >= 0.3 is 0 Å². The standard InChI is InChI=1S/C17H23NO/c1-4-13-6-5-7-14-9-11-18(16(13)14)12-15-8-10-17(2,3)19-15/h5-7,9,11,15H,4,8,10,12H2,1-3H3. The number of nitrogens with zero attached hydrogens (tertiary/aromatic N) is 1. The molecule has 0 radical (unpaired) electrons. The molecule has 2 heterocycles. The highest BCUT2D eigenvalue weighted by atomic mass is 16.5. The summed E-state index contributed by atoms with van der Waals surface area (Å²) < 4.78 is 8.50. The van der Waals surface area contributed by atoms with E-state index >= 15 is 0 Å². The number of hydrogen-bond donors (Lipinski definition) is 0. The van der Waals surface area contributed by atoms with Gasteiger partial charge in [-0.25, -0.2) is 0 Å². The summed E-state index contributed by atoms with van der Waals surface area (Å²) in [5.41, 5.74) is 2.87. The average Bonchev–Trinajstić information content (AvgIpc) is 2.93. The number of benzene rings is 1. The second-order valence-electron chi connectivity index (χ2n) is 6.21. The number of aryl methyl sites for hydroxylation is 1. The predicted molar refractivity (Wildman–Crippen MR) is 79.5 cm³/mol. The molecule has 1 aliphatic heterocycles. The Kier molecular flexibility index (Phi) is 3.14. The summed E-state index contributed by atoms with van der Waals surface area (Å²) in [6, 6.07) is 8.80. The average molecular weight is 257 g/mol. The lowest BCUT2D eigenvalue weighted by atomic mass is 10.1. The van der Waals surface area contributed by atoms with Crippen LogP contribution in [0.3, 0.4) is 0 Å². The summed E-state index contributed by atoms with van der Waals surface area (Å²) in [6.45, 7) is 7.59. The molecular weight excluding hydrogens is 234 g/mol. The van der Waals surface area contributed by atoms with Crippen molar-refractivity contribution in [3.63, 3.8) is 0 Å². The van der Waals surface area contributed by atoms with Crippen molar-refractivity contribution >= 4 is 10.9 Å². The molecule has 1 aromatic carbocycles. The maximum absolute atomic E-state index is 6.12. The monoisotopic (exact) mass is 257 g/mol. The van der Waals surface area contributed by atoms with Gasteiger partial charge in [0.15, 0.2) is 0 Å². The summed E-state index contributed by atoms with van der Waals surface area (Å²) in [5, 5.41) is 1.34. The first-order valence-corrected chi connectivity index (χ1v) is 7.33. The number of aromatic nitrogens is 1. The van der Waals surface area contributed by atoms with Crippen LogP contribution in [0.4, 0.5) is 0 Å². The molecule has 1 unspecified atom stereocenters. The normalized spacial score (nSPS) is 22.2. The Morgan fingerprint density at radius 1 is 1.32 bits per heavy atom. The lowest BCUT2D eigenvalue weighted by Gasteiger charge is -2.20. The molecular formula is C17H23NO. The number of rotatable bonds is 3. The number of para-hydroxylation sites is 1. The molecule has 19 heavy (non-hydrogen) atoms. The largest absolute Gasteiger partial charge is 0.370 e. The molecule has 0 bridgehead atoms. The summed E-state index contributed by atoms with van der Waals surface area (Å²) in [6.07, 6.45) is 5.98. The van der Waals surface area contributed by atoms with Crippen LogP contribution in [-0.4, -0.2) is 16.3 Å². The van der Waals surface area contributed by atoms with Gasteiger partial charge < -0.3 is 9.30 Å². The van der Waals surface area contributed by atoms with Crippen molar-refractivity contribution in [2.75, 3.05) is 0 Å². The van der Waals surface area contributed by atoms with Crippen LogP contribution >= 0.6 is 0 Å². The molecule has 1 aliphatic rings. The van der Waals surface area contributed by atoms with E-state index in [2.05, 4.69) is 55.8 Å². The van der Waals surface area contributed by atoms with Crippen LogP contribution in [0.5, 0.6) is 0 Å². The van der Waals surface area contributed by atoms with E-state index in [4.69, 9.17) is 4.74 Å². The molecule has 2 nitrogen and oxygen atoms in total. The van der Waals surface area contributed by atoms with E-state index in [9.17, 15) is 0 Å². The van der Waals surface area contributed by atoms with E-state index in [1.807, 2.05) is 0 Å². The third kappa shape index (κ3) is 2.42. The summed E-state index contributed by atoms with van der Waals surface area (Å²) in [4.78, 5) is 0. The molecule has 1 saturated heterocycles. The Bertz CT molecular complexity index is 582. The van der Waals surface area contributed by atoms with Crippen LogP contribution in [-0.2, 0) is 17.7 Å². The Morgan fingerprint density at radius 2 is 2.16 bits per heavy atom. The smallest absolute Gasteiger partial charge is 0.0762 e. The Balaban J connectivity index is 1.89.